The van der Waals surface area contributed by atoms with E-state index in [1.165, 1.54) is 0 Å². The van der Waals surface area contributed by atoms with Gasteiger partial charge in [-0.2, -0.15) is 0 Å². The van der Waals surface area contributed by atoms with Crippen molar-refractivity contribution in [3.05, 3.63) is 0 Å². The summed E-state index contributed by atoms with van der Waals surface area (Å²) in [7, 11) is 0. The van der Waals surface area contributed by atoms with Gasteiger partial charge in [0, 0.05) is 19.5 Å². The molecular formula is C15H25NO4. The van der Waals surface area contributed by atoms with Crippen LogP contribution < -0.4 is 0 Å². The molecule has 2 rings (SSSR count). The summed E-state index contributed by atoms with van der Waals surface area (Å²) in [5.74, 6) is -0.868. The molecule has 0 bridgehead atoms. The van der Waals surface area contributed by atoms with Gasteiger partial charge < -0.3 is 14.7 Å². The fraction of sp³-hybridized carbons (Fsp3) is 0.867. The molecule has 114 valence electrons. The minimum Gasteiger partial charge on any atom is -0.481 e. The van der Waals surface area contributed by atoms with Gasteiger partial charge in [-0.1, -0.05) is 6.92 Å². The molecule has 5 heteroatoms. The molecule has 1 amide bonds. The molecule has 4 unspecified atom stereocenters. The lowest BCUT2D eigenvalue weighted by Gasteiger charge is -2.35. The highest BCUT2D eigenvalue weighted by atomic mass is 16.5. The minimum atomic E-state index is -0.738. The summed E-state index contributed by atoms with van der Waals surface area (Å²) in [4.78, 5) is 25.1. The molecule has 2 saturated heterocycles. The maximum atomic E-state index is 12.2. The van der Waals surface area contributed by atoms with Gasteiger partial charge in [0.15, 0.2) is 0 Å². The second kappa shape index (κ2) is 6.57. The quantitative estimate of drug-likeness (QED) is 0.855. The van der Waals surface area contributed by atoms with Gasteiger partial charge in [0.25, 0.3) is 0 Å². The van der Waals surface area contributed by atoms with Crippen molar-refractivity contribution in [2.24, 2.45) is 11.8 Å². The summed E-state index contributed by atoms with van der Waals surface area (Å²) in [6.45, 7) is 5.12. The topological polar surface area (TPSA) is 66.8 Å². The van der Waals surface area contributed by atoms with Gasteiger partial charge in [0.05, 0.1) is 18.1 Å². The Balaban J connectivity index is 1.75. The maximum Gasteiger partial charge on any atom is 0.306 e. The standard InChI is InChI=1S/C15H25NO4/c1-10-9-16(8-7-13(10)15(18)19)14(17)6-5-12-4-3-11(2)20-12/h10-13H,3-9H2,1-2H3,(H,18,19). The van der Waals surface area contributed by atoms with E-state index in [4.69, 9.17) is 9.84 Å². The number of likely N-dealkylation sites (tertiary alicyclic amines) is 1. The first-order valence-electron chi connectivity index (χ1n) is 7.63. The van der Waals surface area contributed by atoms with Crippen LogP contribution in [-0.2, 0) is 14.3 Å². The van der Waals surface area contributed by atoms with E-state index in [0.29, 0.717) is 32.0 Å². The molecule has 4 atom stereocenters. The van der Waals surface area contributed by atoms with Gasteiger partial charge in [-0.25, -0.2) is 0 Å². The van der Waals surface area contributed by atoms with E-state index in [2.05, 4.69) is 6.92 Å². The van der Waals surface area contributed by atoms with Crippen LogP contribution in [0.15, 0.2) is 0 Å². The van der Waals surface area contributed by atoms with Gasteiger partial charge in [-0.15, -0.1) is 0 Å². The zero-order valence-electron chi connectivity index (χ0n) is 12.4. The normalized spacial score (nSPS) is 34.2. The van der Waals surface area contributed by atoms with E-state index < -0.39 is 5.97 Å². The molecule has 0 aliphatic carbocycles. The van der Waals surface area contributed by atoms with Crippen molar-refractivity contribution in [3.8, 4) is 0 Å². The highest BCUT2D eigenvalue weighted by Gasteiger charge is 2.33. The van der Waals surface area contributed by atoms with Crippen LogP contribution >= 0.6 is 0 Å². The van der Waals surface area contributed by atoms with Crippen LogP contribution in [-0.4, -0.2) is 47.2 Å². The Bertz CT molecular complexity index is 371. The van der Waals surface area contributed by atoms with Crippen LogP contribution in [0.25, 0.3) is 0 Å². The van der Waals surface area contributed by atoms with Crippen LogP contribution in [0.2, 0.25) is 0 Å². The second-order valence-corrected chi connectivity index (χ2v) is 6.24. The first-order valence-corrected chi connectivity index (χ1v) is 7.63. The summed E-state index contributed by atoms with van der Waals surface area (Å²) in [5.41, 5.74) is 0. The van der Waals surface area contributed by atoms with Crippen molar-refractivity contribution in [1.82, 2.24) is 4.90 Å². The molecule has 0 radical (unpaired) electrons. The van der Waals surface area contributed by atoms with Crippen molar-refractivity contribution in [3.63, 3.8) is 0 Å². The van der Waals surface area contributed by atoms with Gasteiger partial charge >= 0.3 is 5.97 Å². The fourth-order valence-corrected chi connectivity index (χ4v) is 3.28. The molecule has 0 aromatic carbocycles. The maximum absolute atomic E-state index is 12.2. The molecular weight excluding hydrogens is 258 g/mol. The Morgan fingerprint density at radius 2 is 2.00 bits per heavy atom. The summed E-state index contributed by atoms with van der Waals surface area (Å²) in [6.07, 6.45) is 4.55. The molecule has 0 aromatic heterocycles. The lowest BCUT2D eigenvalue weighted by Crippen LogP contribution is -2.45. The van der Waals surface area contributed by atoms with Crippen LogP contribution in [0.1, 0.15) is 46.0 Å². The van der Waals surface area contributed by atoms with Crippen LogP contribution in [0.5, 0.6) is 0 Å². The fourth-order valence-electron chi connectivity index (χ4n) is 3.28. The summed E-state index contributed by atoms with van der Waals surface area (Å²) in [6, 6.07) is 0. The number of carbonyl (C=O) groups excluding carboxylic acids is 1. The third-order valence-corrected chi connectivity index (χ3v) is 4.58. The molecule has 2 heterocycles. The largest absolute Gasteiger partial charge is 0.481 e. The first kappa shape index (κ1) is 15.3. The molecule has 2 aliphatic heterocycles. The van der Waals surface area contributed by atoms with E-state index in [1.807, 2.05) is 11.8 Å². The lowest BCUT2D eigenvalue weighted by molar-refractivity contribution is -0.148. The molecule has 0 saturated carbocycles. The molecule has 2 fully saturated rings. The van der Waals surface area contributed by atoms with Crippen LogP contribution in [0, 0.1) is 11.8 Å². The predicted octanol–water partition coefficient (Wildman–Crippen LogP) is 1.90. The number of carboxylic acid groups (broad SMARTS) is 1. The van der Waals surface area contributed by atoms with E-state index >= 15 is 0 Å². The van der Waals surface area contributed by atoms with Gasteiger partial charge in [-0.05, 0) is 38.5 Å². The van der Waals surface area contributed by atoms with E-state index in [9.17, 15) is 9.59 Å². The molecule has 5 nitrogen and oxygen atoms in total. The number of nitrogens with zero attached hydrogens (tertiary/aromatic N) is 1. The molecule has 0 aromatic rings. The van der Waals surface area contributed by atoms with Crippen molar-refractivity contribution in [2.75, 3.05) is 13.1 Å². The minimum absolute atomic E-state index is 0.0351. The van der Waals surface area contributed by atoms with Crippen molar-refractivity contribution >= 4 is 11.9 Å². The molecule has 1 N–H and O–H groups in total. The third-order valence-electron chi connectivity index (χ3n) is 4.58. The third kappa shape index (κ3) is 3.72. The highest BCUT2D eigenvalue weighted by Crippen LogP contribution is 2.26. The Labute approximate surface area is 120 Å². The number of hydrogen-bond acceptors (Lipinski definition) is 3. The number of aliphatic carboxylic acids is 1. The van der Waals surface area contributed by atoms with Crippen molar-refractivity contribution in [1.29, 1.82) is 0 Å². The summed E-state index contributed by atoms with van der Waals surface area (Å²) >= 11 is 0. The van der Waals surface area contributed by atoms with Gasteiger partial charge in [0.2, 0.25) is 5.91 Å². The van der Waals surface area contributed by atoms with Gasteiger partial charge in [0.1, 0.15) is 0 Å². The summed E-state index contributed by atoms with van der Waals surface area (Å²) < 4.78 is 5.72. The zero-order chi connectivity index (χ0) is 14.7. The number of amides is 1. The number of piperidine rings is 1. The summed E-state index contributed by atoms with van der Waals surface area (Å²) in [5, 5.41) is 9.09. The monoisotopic (exact) mass is 283 g/mol. The Morgan fingerprint density at radius 1 is 1.25 bits per heavy atom. The predicted molar refractivity (Wildman–Crippen MR) is 74.3 cm³/mol. The SMILES string of the molecule is CC1CCC(CCC(=O)N2CCC(C(=O)O)C(C)C2)O1. The zero-order valence-corrected chi connectivity index (χ0v) is 12.4. The van der Waals surface area contributed by atoms with Crippen molar-refractivity contribution < 1.29 is 19.4 Å². The van der Waals surface area contributed by atoms with E-state index in [-0.39, 0.29) is 23.8 Å². The molecule has 2 aliphatic rings. The van der Waals surface area contributed by atoms with E-state index in [1.54, 1.807) is 0 Å². The first-order chi connectivity index (χ1) is 9.47. The lowest BCUT2D eigenvalue weighted by atomic mass is 9.87. The number of carboxylic acids is 1. The molecule has 20 heavy (non-hydrogen) atoms. The Hall–Kier alpha value is -1.10. The molecule has 0 spiro atoms. The van der Waals surface area contributed by atoms with E-state index in [0.717, 1.165) is 19.3 Å². The average Bonchev–Trinajstić information content (AvgIpc) is 2.81. The number of carbonyl (C=O) groups is 2. The van der Waals surface area contributed by atoms with Crippen LogP contribution in [0.3, 0.4) is 0 Å². The van der Waals surface area contributed by atoms with Crippen LogP contribution in [0.4, 0.5) is 0 Å². The smallest absolute Gasteiger partial charge is 0.306 e. The highest BCUT2D eigenvalue weighted by molar-refractivity contribution is 5.77. The second-order valence-electron chi connectivity index (χ2n) is 6.24. The average molecular weight is 283 g/mol. The number of rotatable bonds is 4. The van der Waals surface area contributed by atoms with Gasteiger partial charge in [-0.3, -0.25) is 9.59 Å². The van der Waals surface area contributed by atoms with Crippen molar-refractivity contribution in [2.45, 2.75) is 58.2 Å². The number of hydrogen-bond donors (Lipinski definition) is 1. The Kier molecular flexibility index (Phi) is 5.02. The number of ether oxygens (including phenoxy) is 1. The Morgan fingerprint density at radius 3 is 2.55 bits per heavy atom.